The summed E-state index contributed by atoms with van der Waals surface area (Å²) in [5.74, 6) is 0. The minimum absolute atomic E-state index is 0.853. The van der Waals surface area contributed by atoms with Crippen LogP contribution >= 0.6 is 0 Å². The molecule has 0 aromatic carbocycles. The smallest absolute Gasteiger partial charge is 0.0367 e. The Hall–Kier alpha value is -0.0400. The summed E-state index contributed by atoms with van der Waals surface area (Å²) in [7, 11) is 0. The highest BCUT2D eigenvalue weighted by molar-refractivity contribution is 5.04. The van der Waals surface area contributed by atoms with Crippen LogP contribution in [-0.2, 0) is 0 Å². The van der Waals surface area contributed by atoms with Gasteiger partial charge in [0.05, 0.1) is 0 Å². The predicted octanol–water partition coefficient (Wildman–Crippen LogP) is 2.23. The summed E-state index contributed by atoms with van der Waals surface area (Å²) < 4.78 is 0. The molecule has 0 heterocycles. The first-order chi connectivity index (χ1) is 4.95. The Balaban J connectivity index is 1.69. The third-order valence-electron chi connectivity index (χ3n) is 2.51. The minimum Gasteiger partial charge on any atom is -0.307 e. The molecular weight excluding hydrogens is 122 g/mol. The van der Waals surface area contributed by atoms with Crippen LogP contribution in [0.25, 0.3) is 0 Å². The molecule has 0 aromatic rings. The SMILES string of the molecule is C1CCC(N[C]2CC2)CC1. The molecule has 2 aliphatic rings. The summed E-state index contributed by atoms with van der Waals surface area (Å²) in [6, 6.07) is 2.47. The average Bonchev–Trinajstić information content (AvgIpc) is 2.74. The molecule has 2 fully saturated rings. The number of rotatable bonds is 2. The van der Waals surface area contributed by atoms with Crippen LogP contribution in [0.1, 0.15) is 44.9 Å². The molecule has 1 heteroatoms. The largest absolute Gasteiger partial charge is 0.307 e. The highest BCUT2D eigenvalue weighted by Gasteiger charge is 2.25. The van der Waals surface area contributed by atoms with E-state index in [1.807, 2.05) is 0 Å². The van der Waals surface area contributed by atoms with Crippen molar-refractivity contribution in [1.82, 2.24) is 5.32 Å². The summed E-state index contributed by atoms with van der Waals surface area (Å²) in [4.78, 5) is 0. The van der Waals surface area contributed by atoms with Crippen LogP contribution in [0.4, 0.5) is 0 Å². The fourth-order valence-electron chi connectivity index (χ4n) is 1.74. The van der Waals surface area contributed by atoms with E-state index in [0.717, 1.165) is 6.04 Å². The molecule has 2 rings (SSSR count). The number of nitrogens with one attached hydrogen (secondary N) is 1. The van der Waals surface area contributed by atoms with Crippen molar-refractivity contribution in [3.8, 4) is 0 Å². The lowest BCUT2D eigenvalue weighted by Crippen LogP contribution is -2.29. The Morgan fingerprint density at radius 3 is 2.30 bits per heavy atom. The van der Waals surface area contributed by atoms with Gasteiger partial charge < -0.3 is 5.32 Å². The summed E-state index contributed by atoms with van der Waals surface area (Å²) in [5.41, 5.74) is 0. The molecule has 2 aliphatic carbocycles. The van der Waals surface area contributed by atoms with E-state index in [-0.39, 0.29) is 0 Å². The van der Waals surface area contributed by atoms with E-state index in [1.165, 1.54) is 44.9 Å². The minimum atomic E-state index is 0.853. The Morgan fingerprint density at radius 1 is 1.00 bits per heavy atom. The van der Waals surface area contributed by atoms with Crippen LogP contribution < -0.4 is 5.32 Å². The Kier molecular flexibility index (Phi) is 1.94. The third kappa shape index (κ3) is 1.72. The number of hydrogen-bond acceptors (Lipinski definition) is 1. The number of hydrogen-bond donors (Lipinski definition) is 1. The second-order valence-electron chi connectivity index (χ2n) is 3.58. The van der Waals surface area contributed by atoms with Crippen LogP contribution in [0, 0.1) is 6.04 Å². The van der Waals surface area contributed by atoms with Crippen molar-refractivity contribution in [3.63, 3.8) is 0 Å². The van der Waals surface area contributed by atoms with E-state index >= 15 is 0 Å². The van der Waals surface area contributed by atoms with E-state index < -0.39 is 0 Å². The molecule has 0 unspecified atom stereocenters. The molecule has 2 saturated carbocycles. The van der Waals surface area contributed by atoms with E-state index in [0.29, 0.717) is 0 Å². The maximum atomic E-state index is 3.61. The van der Waals surface area contributed by atoms with Gasteiger partial charge >= 0.3 is 0 Å². The first-order valence-electron chi connectivity index (χ1n) is 4.56. The van der Waals surface area contributed by atoms with Crippen LogP contribution in [-0.4, -0.2) is 6.04 Å². The van der Waals surface area contributed by atoms with Crippen molar-refractivity contribution in [1.29, 1.82) is 0 Å². The van der Waals surface area contributed by atoms with E-state index in [2.05, 4.69) is 5.32 Å². The lowest BCUT2D eigenvalue weighted by molar-refractivity contribution is 0.390. The zero-order valence-corrected chi connectivity index (χ0v) is 6.53. The van der Waals surface area contributed by atoms with Gasteiger partial charge in [-0.25, -0.2) is 0 Å². The van der Waals surface area contributed by atoms with Gasteiger partial charge in [0.25, 0.3) is 0 Å². The van der Waals surface area contributed by atoms with Crippen LogP contribution in [0.2, 0.25) is 0 Å². The zero-order chi connectivity index (χ0) is 6.81. The Bertz CT molecular complexity index is 101. The van der Waals surface area contributed by atoms with E-state index in [1.54, 1.807) is 6.04 Å². The molecule has 0 amide bonds. The van der Waals surface area contributed by atoms with Gasteiger partial charge in [-0.05, 0) is 25.7 Å². The molecule has 0 spiro atoms. The first kappa shape index (κ1) is 6.66. The normalized spacial score (nSPS) is 28.8. The Morgan fingerprint density at radius 2 is 1.70 bits per heavy atom. The molecule has 10 heavy (non-hydrogen) atoms. The van der Waals surface area contributed by atoms with Crippen LogP contribution in [0.3, 0.4) is 0 Å². The fraction of sp³-hybridized carbons (Fsp3) is 0.889. The van der Waals surface area contributed by atoms with Crippen LogP contribution in [0.15, 0.2) is 0 Å². The fourth-order valence-corrected chi connectivity index (χ4v) is 1.74. The average molecular weight is 138 g/mol. The van der Waals surface area contributed by atoms with Gasteiger partial charge in [-0.1, -0.05) is 19.3 Å². The van der Waals surface area contributed by atoms with E-state index in [9.17, 15) is 0 Å². The van der Waals surface area contributed by atoms with Gasteiger partial charge in [0.1, 0.15) is 0 Å². The standard InChI is InChI=1S/C9H16N/c1-2-4-8(5-3-1)10-9-6-7-9/h8,10H,1-7H2. The van der Waals surface area contributed by atoms with Crippen molar-refractivity contribution in [3.05, 3.63) is 6.04 Å². The van der Waals surface area contributed by atoms with Gasteiger partial charge in [0, 0.05) is 12.1 Å². The summed E-state index contributed by atoms with van der Waals surface area (Å²) in [6.07, 6.45) is 9.92. The van der Waals surface area contributed by atoms with Crippen molar-refractivity contribution in [2.24, 2.45) is 0 Å². The van der Waals surface area contributed by atoms with Crippen molar-refractivity contribution in [2.45, 2.75) is 51.0 Å². The Labute approximate surface area is 63.2 Å². The van der Waals surface area contributed by atoms with Gasteiger partial charge in [0.2, 0.25) is 0 Å². The van der Waals surface area contributed by atoms with Crippen molar-refractivity contribution in [2.75, 3.05) is 0 Å². The predicted molar refractivity (Wildman–Crippen MR) is 42.5 cm³/mol. The maximum absolute atomic E-state index is 3.61. The molecule has 1 N–H and O–H groups in total. The topological polar surface area (TPSA) is 12.0 Å². The monoisotopic (exact) mass is 138 g/mol. The quantitative estimate of drug-likeness (QED) is 0.617. The first-order valence-corrected chi connectivity index (χ1v) is 4.56. The molecule has 1 radical (unpaired) electrons. The lowest BCUT2D eigenvalue weighted by atomic mass is 9.95. The van der Waals surface area contributed by atoms with Gasteiger partial charge in [-0.3, -0.25) is 0 Å². The molecule has 57 valence electrons. The lowest BCUT2D eigenvalue weighted by Gasteiger charge is -2.22. The molecule has 0 bridgehead atoms. The third-order valence-corrected chi connectivity index (χ3v) is 2.51. The summed E-state index contributed by atoms with van der Waals surface area (Å²) in [6.45, 7) is 0. The summed E-state index contributed by atoms with van der Waals surface area (Å²) in [5, 5.41) is 3.61. The van der Waals surface area contributed by atoms with Crippen molar-refractivity contribution >= 4 is 0 Å². The van der Waals surface area contributed by atoms with Crippen molar-refractivity contribution < 1.29 is 0 Å². The van der Waals surface area contributed by atoms with E-state index in [4.69, 9.17) is 0 Å². The second-order valence-corrected chi connectivity index (χ2v) is 3.58. The molecule has 0 atom stereocenters. The highest BCUT2D eigenvalue weighted by Crippen LogP contribution is 2.31. The highest BCUT2D eigenvalue weighted by atomic mass is 15.0. The molecule has 0 aromatic heterocycles. The van der Waals surface area contributed by atoms with Gasteiger partial charge in [-0.15, -0.1) is 0 Å². The zero-order valence-electron chi connectivity index (χ0n) is 6.53. The van der Waals surface area contributed by atoms with Gasteiger partial charge in [-0.2, -0.15) is 0 Å². The van der Waals surface area contributed by atoms with Gasteiger partial charge in [0.15, 0.2) is 0 Å². The second kappa shape index (κ2) is 2.91. The molecule has 0 saturated heterocycles. The van der Waals surface area contributed by atoms with Crippen LogP contribution in [0.5, 0.6) is 0 Å². The molecule has 1 nitrogen and oxygen atoms in total. The summed E-state index contributed by atoms with van der Waals surface area (Å²) >= 11 is 0. The maximum Gasteiger partial charge on any atom is 0.0367 e. The molecule has 0 aliphatic heterocycles. The molecular formula is C9H16N.